The summed E-state index contributed by atoms with van der Waals surface area (Å²) in [4.78, 5) is 4.41. The molecule has 1 aromatic heterocycles. The van der Waals surface area contributed by atoms with Crippen molar-refractivity contribution in [1.82, 2.24) is 4.98 Å². The molecule has 0 unspecified atom stereocenters. The second-order valence-corrected chi connectivity index (χ2v) is 5.20. The summed E-state index contributed by atoms with van der Waals surface area (Å²) in [5.41, 5.74) is 8.12. The van der Waals surface area contributed by atoms with E-state index in [1.54, 1.807) is 0 Å². The number of pyridine rings is 1. The zero-order valence-electron chi connectivity index (χ0n) is 9.97. The number of fused-ring (bicyclic) bond motifs is 1. The van der Waals surface area contributed by atoms with Gasteiger partial charge in [-0.15, -0.1) is 12.4 Å². The smallest absolute Gasteiger partial charge is 0.134 e. The van der Waals surface area contributed by atoms with Gasteiger partial charge in [-0.3, -0.25) is 0 Å². The first-order valence-electron chi connectivity index (χ1n) is 6.05. The molecule has 2 aromatic rings. The molecule has 2 nitrogen and oxygen atoms in total. The Balaban J connectivity index is 0.00000120. The van der Waals surface area contributed by atoms with Crippen molar-refractivity contribution in [1.29, 1.82) is 0 Å². The van der Waals surface area contributed by atoms with Crippen molar-refractivity contribution in [2.24, 2.45) is 11.7 Å². The van der Waals surface area contributed by atoms with E-state index in [1.165, 1.54) is 12.8 Å². The van der Waals surface area contributed by atoms with Crippen molar-refractivity contribution < 1.29 is 0 Å². The van der Waals surface area contributed by atoms with E-state index in [-0.39, 0.29) is 18.4 Å². The molecule has 1 saturated carbocycles. The molecule has 0 aliphatic heterocycles. The Morgan fingerprint density at radius 2 is 2.06 bits per heavy atom. The lowest BCUT2D eigenvalue weighted by Crippen LogP contribution is -2.12. The van der Waals surface area contributed by atoms with Crippen molar-refractivity contribution in [2.75, 3.05) is 0 Å². The fourth-order valence-corrected chi connectivity index (χ4v) is 2.49. The van der Waals surface area contributed by atoms with Gasteiger partial charge in [-0.2, -0.15) is 0 Å². The molecule has 1 aromatic carbocycles. The molecule has 1 atom stereocenters. The number of rotatable bonds is 3. The average Bonchev–Trinajstić information content (AvgIpc) is 3.12. The van der Waals surface area contributed by atoms with Crippen LogP contribution >= 0.6 is 24.0 Å². The van der Waals surface area contributed by atoms with Crippen LogP contribution in [0.1, 0.15) is 30.9 Å². The number of nitrogens with zero attached hydrogens (tertiary/aromatic N) is 1. The van der Waals surface area contributed by atoms with Gasteiger partial charge in [0.15, 0.2) is 0 Å². The van der Waals surface area contributed by atoms with Crippen LogP contribution in [-0.4, -0.2) is 4.98 Å². The zero-order chi connectivity index (χ0) is 11.8. The minimum absolute atomic E-state index is 0. The Hall–Kier alpha value is -0.830. The molecule has 0 spiro atoms. The highest BCUT2D eigenvalue weighted by molar-refractivity contribution is 6.30. The van der Waals surface area contributed by atoms with Gasteiger partial charge in [0.25, 0.3) is 0 Å². The van der Waals surface area contributed by atoms with Crippen LogP contribution in [0.2, 0.25) is 5.15 Å². The minimum atomic E-state index is 0. The molecular weight excluding hydrogens is 267 g/mol. The average molecular weight is 283 g/mol. The lowest BCUT2D eigenvalue weighted by atomic mass is 10.0. The summed E-state index contributed by atoms with van der Waals surface area (Å²) in [6.07, 6.45) is 3.65. The first kappa shape index (κ1) is 13.6. The van der Waals surface area contributed by atoms with Crippen LogP contribution in [0, 0.1) is 5.92 Å². The summed E-state index contributed by atoms with van der Waals surface area (Å²) in [6.45, 7) is 0. The molecule has 2 N–H and O–H groups in total. The highest BCUT2D eigenvalue weighted by Gasteiger charge is 2.25. The first-order chi connectivity index (χ1) is 8.24. The third kappa shape index (κ3) is 2.77. The Labute approximate surface area is 118 Å². The number of aromatic nitrogens is 1. The summed E-state index contributed by atoms with van der Waals surface area (Å²) < 4.78 is 0. The van der Waals surface area contributed by atoms with Gasteiger partial charge < -0.3 is 5.73 Å². The summed E-state index contributed by atoms with van der Waals surface area (Å²) in [5, 5.41) is 1.66. The number of para-hydroxylation sites is 1. The van der Waals surface area contributed by atoms with Crippen LogP contribution in [0.5, 0.6) is 0 Å². The number of hydrogen-bond acceptors (Lipinski definition) is 2. The summed E-state index contributed by atoms with van der Waals surface area (Å²) in [5.74, 6) is 0.799. The SMILES string of the molecule is Cl.N[C@H](CC1CC1)c1cc2ccccc2nc1Cl. The van der Waals surface area contributed by atoms with Gasteiger partial charge >= 0.3 is 0 Å². The number of nitrogens with two attached hydrogens (primary N) is 1. The predicted molar refractivity (Wildman–Crippen MR) is 78.3 cm³/mol. The van der Waals surface area contributed by atoms with Crippen LogP contribution in [0.4, 0.5) is 0 Å². The molecule has 4 heteroatoms. The van der Waals surface area contributed by atoms with Crippen LogP contribution in [0.25, 0.3) is 10.9 Å². The summed E-state index contributed by atoms with van der Waals surface area (Å²) in [6, 6.07) is 10.1. The number of hydrogen-bond donors (Lipinski definition) is 1. The van der Waals surface area contributed by atoms with Gasteiger partial charge in [-0.05, 0) is 24.5 Å². The van der Waals surface area contributed by atoms with Crippen molar-refractivity contribution >= 4 is 34.9 Å². The van der Waals surface area contributed by atoms with E-state index in [0.29, 0.717) is 5.15 Å². The highest BCUT2D eigenvalue weighted by Crippen LogP contribution is 2.38. The molecule has 18 heavy (non-hydrogen) atoms. The van der Waals surface area contributed by atoms with E-state index in [1.807, 2.05) is 24.3 Å². The van der Waals surface area contributed by atoms with Crippen molar-refractivity contribution in [3.8, 4) is 0 Å². The molecule has 1 heterocycles. The molecule has 0 amide bonds. The molecular formula is C14H16Cl2N2. The van der Waals surface area contributed by atoms with E-state index < -0.39 is 0 Å². The van der Waals surface area contributed by atoms with E-state index in [2.05, 4.69) is 11.1 Å². The van der Waals surface area contributed by atoms with Gasteiger partial charge in [-0.25, -0.2) is 4.98 Å². The number of halogens is 2. The molecule has 0 saturated heterocycles. The van der Waals surface area contributed by atoms with E-state index in [0.717, 1.165) is 28.8 Å². The van der Waals surface area contributed by atoms with Gasteiger partial charge in [0.05, 0.1) is 5.52 Å². The van der Waals surface area contributed by atoms with Crippen LogP contribution in [0.3, 0.4) is 0 Å². The van der Waals surface area contributed by atoms with Crippen molar-refractivity contribution in [3.63, 3.8) is 0 Å². The van der Waals surface area contributed by atoms with Gasteiger partial charge in [0.2, 0.25) is 0 Å². The highest BCUT2D eigenvalue weighted by atomic mass is 35.5. The molecule has 1 fully saturated rings. The van der Waals surface area contributed by atoms with Crippen molar-refractivity contribution in [3.05, 3.63) is 41.0 Å². The topological polar surface area (TPSA) is 38.9 Å². The largest absolute Gasteiger partial charge is 0.324 e. The fourth-order valence-electron chi connectivity index (χ4n) is 2.21. The third-order valence-electron chi connectivity index (χ3n) is 3.39. The lowest BCUT2D eigenvalue weighted by Gasteiger charge is -2.13. The van der Waals surface area contributed by atoms with Gasteiger partial charge in [0, 0.05) is 17.0 Å². The maximum absolute atomic E-state index is 6.21. The second-order valence-electron chi connectivity index (χ2n) is 4.85. The lowest BCUT2D eigenvalue weighted by molar-refractivity contribution is 0.596. The second kappa shape index (κ2) is 5.43. The molecule has 96 valence electrons. The Bertz CT molecular complexity index is 552. The quantitative estimate of drug-likeness (QED) is 0.861. The van der Waals surface area contributed by atoms with Crippen LogP contribution in [0.15, 0.2) is 30.3 Å². The van der Waals surface area contributed by atoms with E-state index in [9.17, 15) is 0 Å². The first-order valence-corrected chi connectivity index (χ1v) is 6.42. The molecule has 3 rings (SSSR count). The molecule has 0 bridgehead atoms. The normalized spacial score (nSPS) is 16.3. The van der Waals surface area contributed by atoms with Gasteiger partial charge in [0.1, 0.15) is 5.15 Å². The zero-order valence-corrected chi connectivity index (χ0v) is 11.5. The molecule has 1 aliphatic carbocycles. The predicted octanol–water partition coefficient (Wildman–Crippen LogP) is 4.11. The summed E-state index contributed by atoms with van der Waals surface area (Å²) >= 11 is 6.21. The van der Waals surface area contributed by atoms with Crippen molar-refractivity contribution in [2.45, 2.75) is 25.3 Å². The fraction of sp³-hybridized carbons (Fsp3) is 0.357. The maximum Gasteiger partial charge on any atom is 0.134 e. The van der Waals surface area contributed by atoms with Crippen LogP contribution < -0.4 is 5.73 Å². The van der Waals surface area contributed by atoms with E-state index >= 15 is 0 Å². The van der Waals surface area contributed by atoms with Gasteiger partial charge in [-0.1, -0.05) is 42.6 Å². The third-order valence-corrected chi connectivity index (χ3v) is 3.69. The monoisotopic (exact) mass is 282 g/mol. The Morgan fingerprint density at radius 1 is 1.33 bits per heavy atom. The maximum atomic E-state index is 6.21. The Kier molecular flexibility index (Phi) is 4.10. The molecule has 0 radical (unpaired) electrons. The van der Waals surface area contributed by atoms with E-state index in [4.69, 9.17) is 17.3 Å². The Morgan fingerprint density at radius 3 is 2.78 bits per heavy atom. The molecule has 1 aliphatic rings. The minimum Gasteiger partial charge on any atom is -0.324 e. The van der Waals surface area contributed by atoms with Crippen LogP contribution in [-0.2, 0) is 0 Å². The standard InChI is InChI=1S/C14H15ClN2.ClH/c15-14-11(12(16)7-9-5-6-9)8-10-3-1-2-4-13(10)17-14;/h1-4,8-9,12H,5-7,16H2;1H/t12-;/m1./s1. The number of benzene rings is 1. The summed E-state index contributed by atoms with van der Waals surface area (Å²) in [7, 11) is 0.